The van der Waals surface area contributed by atoms with Crippen LogP contribution in [0, 0.1) is 13.8 Å². The van der Waals surface area contributed by atoms with E-state index >= 15 is 0 Å². The van der Waals surface area contributed by atoms with Gasteiger partial charge < -0.3 is 9.64 Å². The lowest BCUT2D eigenvalue weighted by molar-refractivity contribution is -0.131. The maximum atomic E-state index is 13.0. The standard InChI is InChI=1S/C18H15NO3/c1-10-8-14-15(9-11(10)2)19(3)17(21)18(14)13-7-5-4-6-12(13)16(20)22-18/h4-9H,1-3H3. The number of hydrogen-bond donors (Lipinski definition) is 0. The first-order chi connectivity index (χ1) is 10.5. The van der Waals surface area contributed by atoms with Gasteiger partial charge in [-0.2, -0.15) is 0 Å². The Balaban J connectivity index is 2.09. The predicted octanol–water partition coefficient (Wildman–Crippen LogP) is 2.69. The highest BCUT2D eigenvalue weighted by Gasteiger charge is 2.59. The number of amides is 1. The molecule has 2 aromatic rings. The minimum atomic E-state index is -1.32. The van der Waals surface area contributed by atoms with Crippen LogP contribution in [0.5, 0.6) is 0 Å². The molecule has 1 atom stereocenters. The first kappa shape index (κ1) is 13.1. The third kappa shape index (κ3) is 1.32. The molecule has 2 heterocycles. The molecule has 1 unspecified atom stereocenters. The first-order valence-corrected chi connectivity index (χ1v) is 7.19. The number of anilines is 1. The molecule has 1 amide bonds. The van der Waals surface area contributed by atoms with Crippen molar-refractivity contribution in [3.63, 3.8) is 0 Å². The van der Waals surface area contributed by atoms with Crippen molar-refractivity contribution < 1.29 is 14.3 Å². The average molecular weight is 293 g/mol. The second kappa shape index (κ2) is 3.97. The van der Waals surface area contributed by atoms with E-state index in [1.165, 1.54) is 0 Å². The van der Waals surface area contributed by atoms with Crippen LogP contribution in [-0.4, -0.2) is 18.9 Å². The topological polar surface area (TPSA) is 46.6 Å². The molecular weight excluding hydrogens is 278 g/mol. The number of aryl methyl sites for hydroxylation is 2. The molecule has 22 heavy (non-hydrogen) atoms. The van der Waals surface area contributed by atoms with Crippen LogP contribution in [0.3, 0.4) is 0 Å². The van der Waals surface area contributed by atoms with Gasteiger partial charge in [-0.1, -0.05) is 18.2 Å². The molecule has 2 aromatic carbocycles. The lowest BCUT2D eigenvalue weighted by atomic mass is 9.85. The second-order valence-electron chi connectivity index (χ2n) is 5.93. The summed E-state index contributed by atoms with van der Waals surface area (Å²) >= 11 is 0. The van der Waals surface area contributed by atoms with Gasteiger partial charge in [0.25, 0.3) is 5.91 Å². The maximum absolute atomic E-state index is 13.0. The van der Waals surface area contributed by atoms with E-state index in [1.54, 1.807) is 30.1 Å². The molecular formula is C18H15NO3. The van der Waals surface area contributed by atoms with Crippen LogP contribution in [0.2, 0.25) is 0 Å². The van der Waals surface area contributed by atoms with Crippen molar-refractivity contribution in [1.82, 2.24) is 0 Å². The SMILES string of the molecule is Cc1cc2c(cc1C)C1(OC(=O)c3ccccc31)C(=O)N2C. The molecule has 0 aliphatic carbocycles. The van der Waals surface area contributed by atoms with Gasteiger partial charge in [-0.3, -0.25) is 4.79 Å². The second-order valence-corrected chi connectivity index (χ2v) is 5.93. The van der Waals surface area contributed by atoms with E-state index in [9.17, 15) is 9.59 Å². The molecule has 0 bridgehead atoms. The average Bonchev–Trinajstić information content (AvgIpc) is 2.91. The Bertz CT molecular complexity index is 855. The van der Waals surface area contributed by atoms with E-state index in [4.69, 9.17) is 4.74 Å². The van der Waals surface area contributed by atoms with Crippen LogP contribution in [0.4, 0.5) is 5.69 Å². The Hall–Kier alpha value is -2.62. The smallest absolute Gasteiger partial charge is 0.340 e. The number of fused-ring (bicyclic) bond motifs is 4. The van der Waals surface area contributed by atoms with Crippen molar-refractivity contribution in [2.45, 2.75) is 19.4 Å². The molecule has 1 spiro atoms. The van der Waals surface area contributed by atoms with Gasteiger partial charge in [0.2, 0.25) is 5.60 Å². The molecule has 0 saturated heterocycles. The number of benzene rings is 2. The molecule has 4 rings (SSSR count). The highest BCUT2D eigenvalue weighted by molar-refractivity contribution is 6.14. The van der Waals surface area contributed by atoms with E-state index in [1.807, 2.05) is 32.0 Å². The fourth-order valence-corrected chi connectivity index (χ4v) is 3.40. The fraction of sp³-hybridized carbons (Fsp3) is 0.222. The Kier molecular flexibility index (Phi) is 2.36. The van der Waals surface area contributed by atoms with E-state index in [-0.39, 0.29) is 5.91 Å². The summed E-state index contributed by atoms with van der Waals surface area (Å²) < 4.78 is 5.65. The van der Waals surface area contributed by atoms with E-state index in [0.29, 0.717) is 11.1 Å². The summed E-state index contributed by atoms with van der Waals surface area (Å²) in [5.41, 5.74) is 3.51. The zero-order valence-electron chi connectivity index (χ0n) is 12.6. The van der Waals surface area contributed by atoms with Gasteiger partial charge in [-0.05, 0) is 43.2 Å². The Morgan fingerprint density at radius 2 is 1.68 bits per heavy atom. The van der Waals surface area contributed by atoms with Crippen LogP contribution in [0.25, 0.3) is 0 Å². The lowest BCUT2D eigenvalue weighted by Crippen LogP contribution is -2.39. The number of esters is 1. The first-order valence-electron chi connectivity index (χ1n) is 7.19. The highest BCUT2D eigenvalue weighted by atomic mass is 16.6. The molecule has 0 saturated carbocycles. The summed E-state index contributed by atoms with van der Waals surface area (Å²) in [5.74, 6) is -0.658. The third-order valence-electron chi connectivity index (χ3n) is 4.73. The molecule has 0 aromatic heterocycles. The van der Waals surface area contributed by atoms with Crippen LogP contribution in [0.1, 0.15) is 32.6 Å². The molecule has 110 valence electrons. The quantitative estimate of drug-likeness (QED) is 0.702. The largest absolute Gasteiger partial charge is 0.435 e. The maximum Gasteiger partial charge on any atom is 0.340 e. The number of likely N-dealkylation sites (N-methyl/N-ethyl adjacent to an activating group) is 1. The van der Waals surface area contributed by atoms with Crippen molar-refractivity contribution in [2.24, 2.45) is 0 Å². The number of carbonyl (C=O) groups excluding carboxylic acids is 2. The number of nitrogens with zero attached hydrogens (tertiary/aromatic N) is 1. The van der Waals surface area contributed by atoms with Gasteiger partial charge in [-0.15, -0.1) is 0 Å². The number of hydrogen-bond acceptors (Lipinski definition) is 3. The molecule has 4 nitrogen and oxygen atoms in total. The van der Waals surface area contributed by atoms with Crippen LogP contribution in [0.15, 0.2) is 36.4 Å². The summed E-state index contributed by atoms with van der Waals surface area (Å²) in [6.45, 7) is 4.00. The summed E-state index contributed by atoms with van der Waals surface area (Å²) in [6, 6.07) is 11.1. The summed E-state index contributed by atoms with van der Waals surface area (Å²) in [4.78, 5) is 26.8. The molecule has 2 aliphatic heterocycles. The van der Waals surface area contributed by atoms with Crippen LogP contribution >= 0.6 is 0 Å². The van der Waals surface area contributed by atoms with Gasteiger partial charge in [0, 0.05) is 18.2 Å². The van der Waals surface area contributed by atoms with Crippen molar-refractivity contribution in [1.29, 1.82) is 0 Å². The normalized spacial score (nSPS) is 22.0. The number of ether oxygens (including phenoxy) is 1. The van der Waals surface area contributed by atoms with Crippen molar-refractivity contribution in [2.75, 3.05) is 11.9 Å². The van der Waals surface area contributed by atoms with E-state index < -0.39 is 11.6 Å². The van der Waals surface area contributed by atoms with Gasteiger partial charge in [0.1, 0.15) is 0 Å². The van der Waals surface area contributed by atoms with Crippen molar-refractivity contribution >= 4 is 17.6 Å². The minimum absolute atomic E-state index is 0.217. The van der Waals surface area contributed by atoms with Crippen LogP contribution < -0.4 is 4.90 Å². The third-order valence-corrected chi connectivity index (χ3v) is 4.73. The van der Waals surface area contributed by atoms with E-state index in [2.05, 4.69) is 0 Å². The predicted molar refractivity (Wildman–Crippen MR) is 82.0 cm³/mol. The van der Waals surface area contributed by atoms with Crippen molar-refractivity contribution in [3.05, 3.63) is 64.2 Å². The molecule has 0 N–H and O–H groups in total. The molecule has 4 heteroatoms. The van der Waals surface area contributed by atoms with Gasteiger partial charge in [0.15, 0.2) is 0 Å². The zero-order chi connectivity index (χ0) is 15.6. The fourth-order valence-electron chi connectivity index (χ4n) is 3.40. The Labute approximate surface area is 128 Å². The molecule has 2 aliphatic rings. The monoisotopic (exact) mass is 293 g/mol. The van der Waals surface area contributed by atoms with Gasteiger partial charge in [-0.25, -0.2) is 4.79 Å². The Morgan fingerprint density at radius 3 is 2.45 bits per heavy atom. The minimum Gasteiger partial charge on any atom is -0.435 e. The molecule has 0 radical (unpaired) electrons. The summed E-state index contributed by atoms with van der Waals surface area (Å²) in [6.07, 6.45) is 0. The van der Waals surface area contributed by atoms with Gasteiger partial charge >= 0.3 is 5.97 Å². The van der Waals surface area contributed by atoms with Gasteiger partial charge in [0.05, 0.1) is 11.3 Å². The highest BCUT2D eigenvalue weighted by Crippen LogP contribution is 2.51. The van der Waals surface area contributed by atoms with Crippen molar-refractivity contribution in [3.8, 4) is 0 Å². The summed E-state index contributed by atoms with van der Waals surface area (Å²) in [5, 5.41) is 0. The number of carbonyl (C=O) groups is 2. The Morgan fingerprint density at radius 1 is 1.00 bits per heavy atom. The zero-order valence-corrected chi connectivity index (χ0v) is 12.6. The molecule has 0 fully saturated rings. The number of rotatable bonds is 0. The van der Waals surface area contributed by atoms with Crippen LogP contribution in [-0.2, 0) is 15.1 Å². The van der Waals surface area contributed by atoms with E-state index in [0.717, 1.165) is 22.4 Å². The summed E-state index contributed by atoms with van der Waals surface area (Å²) in [7, 11) is 1.72. The lowest BCUT2D eigenvalue weighted by Gasteiger charge is -2.22.